The number of rotatable bonds is 2. The van der Waals surface area contributed by atoms with E-state index in [0.717, 1.165) is 11.9 Å². The van der Waals surface area contributed by atoms with Crippen LogP contribution in [0.3, 0.4) is 0 Å². The zero-order chi connectivity index (χ0) is 14.5. The lowest BCUT2D eigenvalue weighted by Gasteiger charge is -2.32. The van der Waals surface area contributed by atoms with Crippen LogP contribution in [0, 0.1) is 0 Å². The molecule has 1 aliphatic rings. The monoisotopic (exact) mass is 288 g/mol. The van der Waals surface area contributed by atoms with Crippen molar-refractivity contribution in [1.82, 2.24) is 0 Å². The minimum absolute atomic E-state index is 0.271. The van der Waals surface area contributed by atoms with Crippen LogP contribution in [0.2, 0.25) is 0 Å². The van der Waals surface area contributed by atoms with Gasteiger partial charge in [-0.25, -0.2) is 0 Å². The van der Waals surface area contributed by atoms with Crippen molar-refractivity contribution >= 4 is 34.0 Å². The fourth-order valence-corrected chi connectivity index (χ4v) is 3.74. The lowest BCUT2D eigenvalue weighted by molar-refractivity contribution is 0.00578. The first-order chi connectivity index (χ1) is 9.36. The van der Waals surface area contributed by atoms with Gasteiger partial charge < -0.3 is 9.31 Å². The van der Waals surface area contributed by atoms with Crippen LogP contribution in [0.5, 0.6) is 0 Å². The molecule has 0 aliphatic carbocycles. The van der Waals surface area contributed by atoms with E-state index < -0.39 is 0 Å². The molecule has 0 saturated carbocycles. The quantitative estimate of drug-likeness (QED) is 0.783. The largest absolute Gasteiger partial charge is 0.496 e. The van der Waals surface area contributed by atoms with Crippen LogP contribution in [-0.4, -0.2) is 18.3 Å². The first-order valence-corrected chi connectivity index (χ1v) is 8.08. The Hall–Kier alpha value is -0.835. The third-order valence-corrected chi connectivity index (χ3v) is 5.69. The highest BCUT2D eigenvalue weighted by molar-refractivity contribution is 7.19. The summed E-state index contributed by atoms with van der Waals surface area (Å²) in [5.74, 6) is 0. The van der Waals surface area contributed by atoms with Crippen molar-refractivity contribution < 1.29 is 9.31 Å². The molecule has 1 aliphatic heterocycles. The van der Waals surface area contributed by atoms with Gasteiger partial charge in [0, 0.05) is 10.2 Å². The molecule has 0 bridgehead atoms. The SMILES string of the molecule is CCc1csc2c(B3OC(C)(C)C(C)(C)O3)cccc12. The maximum absolute atomic E-state index is 6.19. The molecule has 2 heterocycles. The van der Waals surface area contributed by atoms with Crippen LogP contribution in [0.25, 0.3) is 10.1 Å². The number of hydrogen-bond donors (Lipinski definition) is 0. The molecule has 0 amide bonds. The average Bonchev–Trinajstić information content (AvgIpc) is 2.88. The van der Waals surface area contributed by atoms with Crippen molar-refractivity contribution in [2.24, 2.45) is 0 Å². The van der Waals surface area contributed by atoms with E-state index in [4.69, 9.17) is 9.31 Å². The van der Waals surface area contributed by atoms with E-state index in [9.17, 15) is 0 Å². The van der Waals surface area contributed by atoms with Gasteiger partial charge in [0.1, 0.15) is 0 Å². The number of benzene rings is 1. The zero-order valence-electron chi connectivity index (χ0n) is 12.8. The van der Waals surface area contributed by atoms with E-state index in [1.54, 1.807) is 11.3 Å². The number of aryl methyl sites for hydroxylation is 1. The van der Waals surface area contributed by atoms with Gasteiger partial charge in [0.05, 0.1) is 11.2 Å². The van der Waals surface area contributed by atoms with Gasteiger partial charge in [-0.05, 0) is 50.4 Å². The Labute approximate surface area is 125 Å². The third kappa shape index (κ3) is 2.02. The highest BCUT2D eigenvalue weighted by Gasteiger charge is 2.52. The summed E-state index contributed by atoms with van der Waals surface area (Å²) in [5, 5.41) is 3.59. The van der Waals surface area contributed by atoms with Crippen LogP contribution >= 0.6 is 11.3 Å². The van der Waals surface area contributed by atoms with E-state index in [0.29, 0.717) is 0 Å². The fourth-order valence-electron chi connectivity index (χ4n) is 2.56. The van der Waals surface area contributed by atoms with E-state index in [1.807, 2.05) is 0 Å². The lowest BCUT2D eigenvalue weighted by Crippen LogP contribution is -2.41. The number of fused-ring (bicyclic) bond motifs is 1. The first kappa shape index (κ1) is 14.1. The van der Waals surface area contributed by atoms with E-state index in [-0.39, 0.29) is 18.3 Å². The molecular weight excluding hydrogens is 267 g/mol. The molecule has 2 aromatic rings. The zero-order valence-corrected chi connectivity index (χ0v) is 13.6. The second-order valence-electron chi connectivity index (χ2n) is 6.43. The minimum Gasteiger partial charge on any atom is -0.399 e. The van der Waals surface area contributed by atoms with Gasteiger partial charge in [0.15, 0.2) is 0 Å². The Bertz CT molecular complexity index is 629. The van der Waals surface area contributed by atoms with Gasteiger partial charge in [0.2, 0.25) is 0 Å². The Morgan fingerprint density at radius 3 is 2.35 bits per heavy atom. The summed E-state index contributed by atoms with van der Waals surface area (Å²) < 4.78 is 13.7. The van der Waals surface area contributed by atoms with Crippen LogP contribution in [0.15, 0.2) is 23.6 Å². The summed E-state index contributed by atoms with van der Waals surface area (Å²) >= 11 is 1.79. The summed E-state index contributed by atoms with van der Waals surface area (Å²) in [5.41, 5.74) is 1.99. The summed E-state index contributed by atoms with van der Waals surface area (Å²) in [6, 6.07) is 6.43. The predicted octanol–water partition coefficient (Wildman–Crippen LogP) is 3.76. The molecule has 0 unspecified atom stereocenters. The van der Waals surface area contributed by atoms with Gasteiger partial charge in [-0.1, -0.05) is 25.1 Å². The number of thiophene rings is 1. The summed E-state index contributed by atoms with van der Waals surface area (Å²) in [6.45, 7) is 10.6. The maximum Gasteiger partial charge on any atom is 0.496 e. The molecule has 0 atom stereocenters. The molecule has 0 N–H and O–H groups in total. The molecule has 0 spiro atoms. The summed E-state index contributed by atoms with van der Waals surface area (Å²) in [4.78, 5) is 0. The fraction of sp³-hybridized carbons (Fsp3) is 0.500. The minimum atomic E-state index is -0.287. The molecular formula is C16H21BO2S. The van der Waals surface area contributed by atoms with Crippen molar-refractivity contribution in [2.45, 2.75) is 52.2 Å². The standard InChI is InChI=1S/C16H21BO2S/c1-6-11-10-20-14-12(11)8-7-9-13(14)17-18-15(2,3)16(4,5)19-17/h7-10H,6H2,1-5H3. The normalized spacial score (nSPS) is 20.8. The molecule has 4 heteroatoms. The van der Waals surface area contributed by atoms with Crippen molar-refractivity contribution in [2.75, 3.05) is 0 Å². The second kappa shape index (κ2) is 4.59. The van der Waals surface area contributed by atoms with Crippen molar-refractivity contribution in [3.05, 3.63) is 29.1 Å². The molecule has 1 aromatic heterocycles. The average molecular weight is 288 g/mol. The van der Waals surface area contributed by atoms with Crippen LogP contribution in [-0.2, 0) is 15.7 Å². The van der Waals surface area contributed by atoms with Crippen molar-refractivity contribution in [1.29, 1.82) is 0 Å². The highest BCUT2D eigenvalue weighted by atomic mass is 32.1. The number of hydrogen-bond acceptors (Lipinski definition) is 3. The van der Waals surface area contributed by atoms with Crippen molar-refractivity contribution in [3.63, 3.8) is 0 Å². The first-order valence-electron chi connectivity index (χ1n) is 7.20. The maximum atomic E-state index is 6.19. The van der Waals surface area contributed by atoms with Gasteiger partial charge in [0.25, 0.3) is 0 Å². The van der Waals surface area contributed by atoms with Gasteiger partial charge in [-0.15, -0.1) is 11.3 Å². The summed E-state index contributed by atoms with van der Waals surface area (Å²) in [6.07, 6.45) is 1.06. The molecule has 1 aromatic carbocycles. The molecule has 106 valence electrons. The van der Waals surface area contributed by atoms with E-state index in [2.05, 4.69) is 58.2 Å². The molecule has 2 nitrogen and oxygen atoms in total. The second-order valence-corrected chi connectivity index (χ2v) is 7.31. The van der Waals surface area contributed by atoms with Gasteiger partial charge >= 0.3 is 7.12 Å². The van der Waals surface area contributed by atoms with E-state index in [1.165, 1.54) is 15.6 Å². The molecule has 1 saturated heterocycles. The Morgan fingerprint density at radius 1 is 1.10 bits per heavy atom. The Balaban J connectivity index is 2.06. The van der Waals surface area contributed by atoms with Gasteiger partial charge in [-0.2, -0.15) is 0 Å². The van der Waals surface area contributed by atoms with Crippen LogP contribution < -0.4 is 5.46 Å². The predicted molar refractivity (Wildman–Crippen MR) is 86.9 cm³/mol. The van der Waals surface area contributed by atoms with Crippen LogP contribution in [0.1, 0.15) is 40.2 Å². The molecule has 20 heavy (non-hydrogen) atoms. The van der Waals surface area contributed by atoms with Crippen LogP contribution in [0.4, 0.5) is 0 Å². The third-order valence-electron chi connectivity index (χ3n) is 4.60. The molecule has 0 radical (unpaired) electrons. The van der Waals surface area contributed by atoms with Crippen molar-refractivity contribution in [3.8, 4) is 0 Å². The lowest BCUT2D eigenvalue weighted by atomic mass is 9.78. The van der Waals surface area contributed by atoms with E-state index >= 15 is 0 Å². The molecule has 1 fully saturated rings. The topological polar surface area (TPSA) is 18.5 Å². The smallest absolute Gasteiger partial charge is 0.399 e. The van der Waals surface area contributed by atoms with Gasteiger partial charge in [-0.3, -0.25) is 0 Å². The summed E-state index contributed by atoms with van der Waals surface area (Å²) in [7, 11) is -0.271. The Kier molecular flexibility index (Phi) is 3.24. The Morgan fingerprint density at radius 2 is 1.75 bits per heavy atom. The molecule has 3 rings (SSSR count). The highest BCUT2D eigenvalue weighted by Crippen LogP contribution is 2.37.